The lowest BCUT2D eigenvalue weighted by Crippen LogP contribution is -2.35. The van der Waals surface area contributed by atoms with Gasteiger partial charge in [0.15, 0.2) is 0 Å². The van der Waals surface area contributed by atoms with E-state index in [0.29, 0.717) is 5.92 Å². The maximum Gasteiger partial charge on any atom is 0.410 e. The number of nitrogens with two attached hydrogens (primary N) is 1. The van der Waals surface area contributed by atoms with Crippen LogP contribution >= 0.6 is 0 Å². The minimum Gasteiger partial charge on any atom is -0.444 e. The number of carbonyl (C=O) groups is 1. The van der Waals surface area contributed by atoms with Gasteiger partial charge < -0.3 is 15.4 Å². The molecule has 2 atom stereocenters. The first-order chi connectivity index (χ1) is 7.28. The van der Waals surface area contributed by atoms with E-state index in [1.165, 1.54) is 0 Å². The number of carbonyl (C=O) groups excluding carboxylic acids is 1. The molecule has 2 N–H and O–H groups in total. The van der Waals surface area contributed by atoms with E-state index in [2.05, 4.69) is 0 Å². The normalized spacial score (nSPS) is 23.3. The molecule has 4 nitrogen and oxygen atoms in total. The number of amides is 1. The average molecular weight is 228 g/mol. The van der Waals surface area contributed by atoms with Crippen LogP contribution in [-0.4, -0.2) is 35.7 Å². The van der Waals surface area contributed by atoms with Crippen LogP contribution in [0.3, 0.4) is 0 Å². The molecular formula is C12H24N2O2. The number of rotatable bonds is 2. The topological polar surface area (TPSA) is 55.6 Å². The molecule has 0 saturated carbocycles. The summed E-state index contributed by atoms with van der Waals surface area (Å²) in [6, 6.07) is 0.212. The quantitative estimate of drug-likeness (QED) is 0.786. The lowest BCUT2D eigenvalue weighted by Gasteiger charge is -2.24. The number of hydrogen-bond acceptors (Lipinski definition) is 3. The summed E-state index contributed by atoms with van der Waals surface area (Å²) in [5.41, 5.74) is 5.35. The van der Waals surface area contributed by atoms with Crippen LogP contribution in [0, 0.1) is 5.92 Å². The summed E-state index contributed by atoms with van der Waals surface area (Å²) in [4.78, 5) is 13.6. The summed E-state index contributed by atoms with van der Waals surface area (Å²) in [5.74, 6) is 0.535. The smallest absolute Gasteiger partial charge is 0.410 e. The Morgan fingerprint density at radius 3 is 2.69 bits per heavy atom. The fourth-order valence-electron chi connectivity index (χ4n) is 2.04. The highest BCUT2D eigenvalue weighted by Crippen LogP contribution is 2.22. The lowest BCUT2D eigenvalue weighted by molar-refractivity contribution is 0.0287. The molecule has 1 amide bonds. The van der Waals surface area contributed by atoms with Crippen LogP contribution in [0.5, 0.6) is 0 Å². The van der Waals surface area contributed by atoms with Crippen molar-refractivity contribution in [3.8, 4) is 0 Å². The second-order valence-corrected chi connectivity index (χ2v) is 5.79. The van der Waals surface area contributed by atoms with Crippen molar-refractivity contribution in [1.29, 1.82) is 0 Å². The Morgan fingerprint density at radius 1 is 1.56 bits per heavy atom. The first-order valence-electron chi connectivity index (χ1n) is 6.01. The van der Waals surface area contributed by atoms with Crippen molar-refractivity contribution < 1.29 is 9.53 Å². The zero-order valence-electron chi connectivity index (χ0n) is 10.8. The third-order valence-electron chi connectivity index (χ3n) is 2.64. The first-order valence-corrected chi connectivity index (χ1v) is 6.01. The van der Waals surface area contributed by atoms with Gasteiger partial charge in [-0.15, -0.1) is 0 Å². The largest absolute Gasteiger partial charge is 0.444 e. The van der Waals surface area contributed by atoms with Crippen molar-refractivity contribution in [3.05, 3.63) is 0 Å². The molecule has 4 heteroatoms. The molecule has 16 heavy (non-hydrogen) atoms. The van der Waals surface area contributed by atoms with Gasteiger partial charge in [-0.3, -0.25) is 0 Å². The predicted octanol–water partition coefficient (Wildman–Crippen LogP) is 1.98. The van der Waals surface area contributed by atoms with Crippen molar-refractivity contribution in [1.82, 2.24) is 4.90 Å². The highest BCUT2D eigenvalue weighted by molar-refractivity contribution is 5.68. The molecule has 1 unspecified atom stereocenters. The van der Waals surface area contributed by atoms with Crippen LogP contribution in [0.15, 0.2) is 0 Å². The van der Waals surface area contributed by atoms with Crippen molar-refractivity contribution in [2.45, 2.75) is 52.2 Å². The Bertz CT molecular complexity index is 246. The average Bonchev–Trinajstić information content (AvgIpc) is 2.48. The third kappa shape index (κ3) is 4.39. The highest BCUT2D eigenvalue weighted by atomic mass is 16.6. The van der Waals surface area contributed by atoms with Gasteiger partial charge in [0.2, 0.25) is 0 Å². The molecule has 1 rings (SSSR count). The molecule has 0 aromatic rings. The molecule has 0 aromatic heterocycles. The summed E-state index contributed by atoms with van der Waals surface area (Å²) in [6.45, 7) is 9.26. The van der Waals surface area contributed by atoms with E-state index in [1.807, 2.05) is 27.7 Å². The number of hydrogen-bond donors (Lipinski definition) is 1. The molecule has 0 aromatic carbocycles. The highest BCUT2D eigenvalue weighted by Gasteiger charge is 2.29. The van der Waals surface area contributed by atoms with Gasteiger partial charge in [-0.2, -0.15) is 0 Å². The number of ether oxygens (including phenoxy) is 1. The molecule has 0 aliphatic carbocycles. The Kier molecular flexibility index (Phi) is 4.19. The molecule has 1 saturated heterocycles. The van der Waals surface area contributed by atoms with E-state index in [-0.39, 0.29) is 12.1 Å². The van der Waals surface area contributed by atoms with E-state index in [4.69, 9.17) is 10.5 Å². The molecule has 1 heterocycles. The van der Waals surface area contributed by atoms with Crippen LogP contribution in [0.25, 0.3) is 0 Å². The van der Waals surface area contributed by atoms with Crippen LogP contribution in [0.1, 0.15) is 40.5 Å². The van der Waals surface area contributed by atoms with Gasteiger partial charge in [-0.05, 0) is 46.5 Å². The van der Waals surface area contributed by atoms with Gasteiger partial charge in [0.1, 0.15) is 5.60 Å². The maximum absolute atomic E-state index is 11.8. The summed E-state index contributed by atoms with van der Waals surface area (Å²) < 4.78 is 5.33. The van der Waals surface area contributed by atoms with Gasteiger partial charge in [0.25, 0.3) is 0 Å². The Labute approximate surface area is 98.1 Å². The lowest BCUT2D eigenvalue weighted by atomic mass is 10.0. The molecule has 0 bridgehead atoms. The van der Waals surface area contributed by atoms with Gasteiger partial charge in [-0.1, -0.05) is 0 Å². The zero-order chi connectivity index (χ0) is 12.3. The minimum atomic E-state index is -0.406. The van der Waals surface area contributed by atoms with E-state index in [0.717, 1.165) is 25.9 Å². The fraction of sp³-hybridized carbons (Fsp3) is 0.917. The Hall–Kier alpha value is -0.770. The molecule has 0 radical (unpaired) electrons. The van der Waals surface area contributed by atoms with Crippen LogP contribution in [0.4, 0.5) is 4.79 Å². The molecule has 1 fully saturated rings. The fourth-order valence-corrected chi connectivity index (χ4v) is 2.04. The molecular weight excluding hydrogens is 204 g/mol. The van der Waals surface area contributed by atoms with E-state index in [9.17, 15) is 4.79 Å². The standard InChI is InChI=1S/C12H24N2O2/c1-9(13)7-10-5-6-14(8-10)11(15)16-12(2,3)4/h9-10H,5-8,13H2,1-4H3/t9?,10-/m1/s1. The summed E-state index contributed by atoms with van der Waals surface area (Å²) >= 11 is 0. The van der Waals surface area contributed by atoms with Gasteiger partial charge >= 0.3 is 6.09 Å². The van der Waals surface area contributed by atoms with E-state index in [1.54, 1.807) is 4.90 Å². The summed E-state index contributed by atoms with van der Waals surface area (Å²) in [7, 11) is 0. The van der Waals surface area contributed by atoms with Gasteiger partial charge in [-0.25, -0.2) is 4.79 Å². The second-order valence-electron chi connectivity index (χ2n) is 5.79. The third-order valence-corrected chi connectivity index (χ3v) is 2.64. The Morgan fingerprint density at radius 2 is 2.19 bits per heavy atom. The molecule has 94 valence electrons. The van der Waals surface area contributed by atoms with Crippen molar-refractivity contribution in [3.63, 3.8) is 0 Å². The minimum absolute atomic E-state index is 0.195. The molecule has 1 aliphatic heterocycles. The molecule has 1 aliphatic rings. The summed E-state index contributed by atoms with van der Waals surface area (Å²) in [5, 5.41) is 0. The van der Waals surface area contributed by atoms with Crippen LogP contribution < -0.4 is 5.73 Å². The first kappa shape index (κ1) is 13.3. The zero-order valence-corrected chi connectivity index (χ0v) is 10.8. The van der Waals surface area contributed by atoms with Crippen LogP contribution in [-0.2, 0) is 4.74 Å². The number of nitrogens with zero attached hydrogens (tertiary/aromatic N) is 1. The summed E-state index contributed by atoms with van der Waals surface area (Å²) in [6.07, 6.45) is 1.83. The van der Waals surface area contributed by atoms with E-state index >= 15 is 0 Å². The van der Waals surface area contributed by atoms with Gasteiger partial charge in [0.05, 0.1) is 0 Å². The molecule has 0 spiro atoms. The SMILES string of the molecule is CC(N)C[C@H]1CCN(C(=O)OC(C)(C)C)C1. The second kappa shape index (κ2) is 5.04. The maximum atomic E-state index is 11.8. The van der Waals surface area contributed by atoms with Crippen molar-refractivity contribution in [2.75, 3.05) is 13.1 Å². The van der Waals surface area contributed by atoms with Crippen LogP contribution in [0.2, 0.25) is 0 Å². The predicted molar refractivity (Wildman–Crippen MR) is 64.2 cm³/mol. The number of likely N-dealkylation sites (tertiary alicyclic amines) is 1. The van der Waals surface area contributed by atoms with Gasteiger partial charge in [0, 0.05) is 19.1 Å². The monoisotopic (exact) mass is 228 g/mol. The Balaban J connectivity index is 2.38. The van der Waals surface area contributed by atoms with Crippen molar-refractivity contribution >= 4 is 6.09 Å². The van der Waals surface area contributed by atoms with E-state index < -0.39 is 5.60 Å². The van der Waals surface area contributed by atoms with Crippen molar-refractivity contribution in [2.24, 2.45) is 11.7 Å².